The maximum atomic E-state index is 6.03. The fraction of sp³-hybridized carbons (Fsp3) is 0.278. The van der Waals surface area contributed by atoms with E-state index in [2.05, 4.69) is 28.9 Å². The highest BCUT2D eigenvalue weighted by Gasteiger charge is 2.14. The monoisotopic (exact) mass is 337 g/mol. The SMILES string of the molecule is CC(C)[C@H](N)COc1ccc2ncc(-c3cc4cnccc4o3)n2n1. The Labute approximate surface area is 144 Å². The zero-order chi connectivity index (χ0) is 17.4. The molecule has 0 amide bonds. The van der Waals surface area contributed by atoms with Gasteiger partial charge in [0.1, 0.15) is 17.9 Å². The first-order valence-corrected chi connectivity index (χ1v) is 8.19. The van der Waals surface area contributed by atoms with E-state index in [0.717, 1.165) is 16.7 Å². The van der Waals surface area contributed by atoms with Crippen molar-refractivity contribution in [1.29, 1.82) is 0 Å². The number of aromatic nitrogens is 4. The van der Waals surface area contributed by atoms with Crippen LogP contribution in [0.1, 0.15) is 13.8 Å². The quantitative estimate of drug-likeness (QED) is 0.602. The van der Waals surface area contributed by atoms with Gasteiger partial charge in [-0.15, -0.1) is 5.10 Å². The number of nitrogens with two attached hydrogens (primary N) is 1. The van der Waals surface area contributed by atoms with Gasteiger partial charge >= 0.3 is 0 Å². The Bertz CT molecular complexity index is 988. The molecule has 1 atom stereocenters. The van der Waals surface area contributed by atoms with Gasteiger partial charge in [0, 0.05) is 29.9 Å². The molecule has 0 unspecified atom stereocenters. The molecule has 25 heavy (non-hydrogen) atoms. The molecular weight excluding hydrogens is 318 g/mol. The van der Waals surface area contributed by atoms with Gasteiger partial charge in [-0.25, -0.2) is 9.50 Å². The molecule has 2 N–H and O–H groups in total. The Morgan fingerprint density at radius 1 is 1.24 bits per heavy atom. The normalized spacial score (nSPS) is 13.0. The van der Waals surface area contributed by atoms with E-state index in [1.165, 1.54) is 0 Å². The van der Waals surface area contributed by atoms with Crippen LogP contribution in [-0.2, 0) is 0 Å². The first-order valence-electron chi connectivity index (χ1n) is 8.19. The summed E-state index contributed by atoms with van der Waals surface area (Å²) >= 11 is 0. The van der Waals surface area contributed by atoms with E-state index in [0.29, 0.717) is 29.8 Å². The number of furan rings is 1. The largest absolute Gasteiger partial charge is 0.475 e. The highest BCUT2D eigenvalue weighted by atomic mass is 16.5. The lowest BCUT2D eigenvalue weighted by atomic mass is 10.1. The molecule has 0 saturated carbocycles. The fourth-order valence-corrected chi connectivity index (χ4v) is 2.49. The predicted octanol–water partition coefficient (Wildman–Crippen LogP) is 2.90. The van der Waals surface area contributed by atoms with Crippen molar-refractivity contribution in [3.05, 3.63) is 42.9 Å². The van der Waals surface area contributed by atoms with E-state index in [9.17, 15) is 0 Å². The van der Waals surface area contributed by atoms with Crippen molar-refractivity contribution in [1.82, 2.24) is 19.6 Å². The number of imidazole rings is 1. The van der Waals surface area contributed by atoms with Crippen molar-refractivity contribution < 1.29 is 9.15 Å². The van der Waals surface area contributed by atoms with Crippen LogP contribution in [0, 0.1) is 5.92 Å². The van der Waals surface area contributed by atoms with Crippen LogP contribution in [0.25, 0.3) is 28.1 Å². The second-order valence-electron chi connectivity index (χ2n) is 6.33. The first-order chi connectivity index (χ1) is 12.1. The van der Waals surface area contributed by atoms with Crippen molar-refractivity contribution in [2.24, 2.45) is 11.7 Å². The molecule has 4 aromatic rings. The lowest BCUT2D eigenvalue weighted by molar-refractivity contribution is 0.248. The summed E-state index contributed by atoms with van der Waals surface area (Å²) in [6, 6.07) is 7.37. The van der Waals surface area contributed by atoms with Gasteiger partial charge in [0.05, 0.1) is 6.20 Å². The van der Waals surface area contributed by atoms with Crippen LogP contribution in [0.4, 0.5) is 0 Å². The molecule has 0 bridgehead atoms. The zero-order valence-electron chi connectivity index (χ0n) is 14.1. The number of nitrogens with zero attached hydrogens (tertiary/aromatic N) is 4. The van der Waals surface area contributed by atoms with E-state index in [4.69, 9.17) is 14.9 Å². The molecule has 0 saturated heterocycles. The molecule has 0 aromatic carbocycles. The maximum Gasteiger partial charge on any atom is 0.231 e. The highest BCUT2D eigenvalue weighted by molar-refractivity contribution is 5.81. The average Bonchev–Trinajstić information content (AvgIpc) is 3.22. The standard InChI is InChI=1S/C18H19N5O2/c1-11(2)13(19)10-24-18-4-3-17-21-9-14(23(17)22-18)16-7-12-8-20-6-5-15(12)25-16/h3-9,11,13H,10,19H2,1-2H3/t13-/m1/s1. The third-order valence-electron chi connectivity index (χ3n) is 4.19. The lowest BCUT2D eigenvalue weighted by Crippen LogP contribution is -2.33. The topological polar surface area (TPSA) is 91.5 Å². The molecule has 4 aromatic heterocycles. The fourth-order valence-electron chi connectivity index (χ4n) is 2.49. The van der Waals surface area contributed by atoms with E-state index >= 15 is 0 Å². The van der Waals surface area contributed by atoms with Crippen LogP contribution in [-0.4, -0.2) is 32.2 Å². The average molecular weight is 337 g/mol. The summed E-state index contributed by atoms with van der Waals surface area (Å²) in [5, 5.41) is 5.45. The molecule has 128 valence electrons. The van der Waals surface area contributed by atoms with Crippen molar-refractivity contribution in [2.45, 2.75) is 19.9 Å². The summed E-state index contributed by atoms with van der Waals surface area (Å²) in [5.41, 5.74) is 8.27. The van der Waals surface area contributed by atoms with Crippen LogP contribution < -0.4 is 10.5 Å². The minimum atomic E-state index is -0.0392. The Balaban J connectivity index is 1.68. The van der Waals surface area contributed by atoms with Crippen molar-refractivity contribution in [3.8, 4) is 17.3 Å². The van der Waals surface area contributed by atoms with Crippen molar-refractivity contribution in [2.75, 3.05) is 6.61 Å². The summed E-state index contributed by atoms with van der Waals surface area (Å²) < 4.78 is 13.3. The molecule has 0 aliphatic carbocycles. The molecule has 7 heteroatoms. The van der Waals surface area contributed by atoms with Gasteiger partial charge in [-0.2, -0.15) is 0 Å². The van der Waals surface area contributed by atoms with Crippen LogP contribution >= 0.6 is 0 Å². The summed E-state index contributed by atoms with van der Waals surface area (Å²) in [7, 11) is 0. The van der Waals surface area contributed by atoms with Crippen LogP contribution in [0.15, 0.2) is 47.3 Å². The molecule has 4 rings (SSSR count). The van der Waals surface area contributed by atoms with Crippen LogP contribution in [0.5, 0.6) is 5.88 Å². The molecule has 0 aliphatic heterocycles. The van der Waals surface area contributed by atoms with Gasteiger partial charge in [-0.1, -0.05) is 13.8 Å². The van der Waals surface area contributed by atoms with E-state index in [1.54, 1.807) is 29.2 Å². The Morgan fingerprint density at radius 3 is 2.92 bits per heavy atom. The molecule has 0 spiro atoms. The third kappa shape index (κ3) is 2.94. The van der Waals surface area contributed by atoms with Gasteiger partial charge in [0.25, 0.3) is 0 Å². The summed E-state index contributed by atoms with van der Waals surface area (Å²) in [4.78, 5) is 8.48. The van der Waals surface area contributed by atoms with Gasteiger partial charge in [0.15, 0.2) is 11.4 Å². The van der Waals surface area contributed by atoms with Crippen molar-refractivity contribution in [3.63, 3.8) is 0 Å². The van der Waals surface area contributed by atoms with Crippen LogP contribution in [0.2, 0.25) is 0 Å². The van der Waals surface area contributed by atoms with E-state index in [-0.39, 0.29) is 6.04 Å². The summed E-state index contributed by atoms with van der Waals surface area (Å²) in [6.07, 6.45) is 5.20. The van der Waals surface area contributed by atoms with E-state index < -0.39 is 0 Å². The second kappa shape index (κ2) is 6.18. The second-order valence-corrected chi connectivity index (χ2v) is 6.33. The molecule has 0 radical (unpaired) electrons. The molecular formula is C18H19N5O2. The number of rotatable bonds is 5. The Kier molecular flexibility index (Phi) is 3.85. The number of pyridine rings is 1. The lowest BCUT2D eigenvalue weighted by Gasteiger charge is -2.15. The minimum absolute atomic E-state index is 0.0392. The number of hydrogen-bond acceptors (Lipinski definition) is 6. The van der Waals surface area contributed by atoms with Gasteiger partial charge in [-0.05, 0) is 24.1 Å². The molecule has 7 nitrogen and oxygen atoms in total. The predicted molar refractivity (Wildman–Crippen MR) is 94.3 cm³/mol. The summed E-state index contributed by atoms with van der Waals surface area (Å²) in [5.74, 6) is 1.52. The van der Waals surface area contributed by atoms with E-state index in [1.807, 2.05) is 18.2 Å². The highest BCUT2D eigenvalue weighted by Crippen LogP contribution is 2.27. The van der Waals surface area contributed by atoms with Gasteiger partial charge in [-0.3, -0.25) is 4.98 Å². The first kappa shape index (κ1) is 15.6. The summed E-state index contributed by atoms with van der Waals surface area (Å²) in [6.45, 7) is 4.54. The smallest absolute Gasteiger partial charge is 0.231 e. The third-order valence-corrected chi connectivity index (χ3v) is 4.19. The number of ether oxygens (including phenoxy) is 1. The minimum Gasteiger partial charge on any atom is -0.475 e. The van der Waals surface area contributed by atoms with Crippen molar-refractivity contribution >= 4 is 16.6 Å². The van der Waals surface area contributed by atoms with Gasteiger partial charge < -0.3 is 14.9 Å². The molecule has 0 aliphatic rings. The van der Waals surface area contributed by atoms with Gasteiger partial charge in [0.2, 0.25) is 5.88 Å². The maximum absolute atomic E-state index is 6.03. The van der Waals surface area contributed by atoms with Crippen LogP contribution in [0.3, 0.4) is 0 Å². The molecule has 4 heterocycles. The number of fused-ring (bicyclic) bond motifs is 2. The Hall–Kier alpha value is -2.93. The number of hydrogen-bond donors (Lipinski definition) is 1. The molecule has 0 fully saturated rings. The Morgan fingerprint density at radius 2 is 2.12 bits per heavy atom. The zero-order valence-corrected chi connectivity index (χ0v) is 14.1.